The van der Waals surface area contributed by atoms with Crippen LogP contribution in [0.4, 0.5) is 0 Å². The first-order valence-corrected chi connectivity index (χ1v) is 20.7. The van der Waals surface area contributed by atoms with E-state index in [0.29, 0.717) is 26.4 Å². The van der Waals surface area contributed by atoms with Crippen molar-refractivity contribution in [3.05, 3.63) is 71.8 Å². The SMILES string of the molecule is CCCO[N](OCCC)[Hf]([CH2]c1ccccc1)([CH2]c1ccccc1)[N](OCCC)OCCC. The standard InChI is InChI=1S/2C7H7.2C6H14NO2.Hf/c2*1-7-5-3-2-4-6-7;2*1-3-5-8-7-9-6-4-2;/h2*2-6H,1H2;2*3-6H2,1-2H3;/q;;2*-1;+2. The van der Waals surface area contributed by atoms with E-state index < -0.39 is 20.5 Å². The van der Waals surface area contributed by atoms with Crippen molar-refractivity contribution in [2.75, 3.05) is 26.4 Å². The number of nitrogens with zero attached hydrogens (tertiary/aromatic N) is 2. The van der Waals surface area contributed by atoms with E-state index in [9.17, 15) is 0 Å². The number of hydrogen-bond acceptors (Lipinski definition) is 6. The van der Waals surface area contributed by atoms with Gasteiger partial charge in [0, 0.05) is 0 Å². The van der Waals surface area contributed by atoms with Gasteiger partial charge < -0.3 is 0 Å². The molecule has 2 rings (SSSR count). The van der Waals surface area contributed by atoms with Gasteiger partial charge in [-0.1, -0.05) is 0 Å². The van der Waals surface area contributed by atoms with E-state index >= 15 is 0 Å². The minimum atomic E-state index is -4.12. The first-order valence-electron chi connectivity index (χ1n) is 12.4. The first kappa shape index (κ1) is 28.3. The van der Waals surface area contributed by atoms with Gasteiger partial charge >= 0.3 is 206 Å². The molecule has 6 nitrogen and oxygen atoms in total. The summed E-state index contributed by atoms with van der Waals surface area (Å²) in [5.74, 6) is 0. The van der Waals surface area contributed by atoms with Crippen molar-refractivity contribution < 1.29 is 39.9 Å². The first-order chi connectivity index (χ1) is 16.2. The quantitative estimate of drug-likeness (QED) is 0.142. The Kier molecular flexibility index (Phi) is 14.3. The summed E-state index contributed by atoms with van der Waals surface area (Å²) in [7, 11) is 0. The third-order valence-corrected chi connectivity index (χ3v) is 18.7. The molecule has 0 aliphatic rings. The summed E-state index contributed by atoms with van der Waals surface area (Å²) >= 11 is -4.12. The molecule has 0 heterocycles. The van der Waals surface area contributed by atoms with Gasteiger partial charge in [0.05, 0.1) is 0 Å². The molecule has 7 heteroatoms. The van der Waals surface area contributed by atoms with Crippen LogP contribution in [-0.4, -0.2) is 32.9 Å². The Morgan fingerprint density at radius 3 is 1.09 bits per heavy atom. The normalized spacial score (nSPS) is 12.1. The summed E-state index contributed by atoms with van der Waals surface area (Å²) < 4.78 is 5.35. The zero-order valence-electron chi connectivity index (χ0n) is 20.9. The van der Waals surface area contributed by atoms with Crippen molar-refractivity contribution in [1.29, 1.82) is 0 Å². The fourth-order valence-electron chi connectivity index (χ4n) is 3.48. The molecule has 0 bridgehead atoms. The Bertz CT molecular complexity index is 656. The van der Waals surface area contributed by atoms with Crippen LogP contribution in [-0.2, 0) is 48.2 Å². The molecule has 0 fully saturated rings. The van der Waals surface area contributed by atoms with Crippen LogP contribution in [0.25, 0.3) is 0 Å². The predicted molar refractivity (Wildman–Crippen MR) is 129 cm³/mol. The Balaban J connectivity index is 2.61. The Morgan fingerprint density at radius 1 is 0.515 bits per heavy atom. The summed E-state index contributed by atoms with van der Waals surface area (Å²) in [6, 6.07) is 21.2. The van der Waals surface area contributed by atoms with E-state index in [-0.39, 0.29) is 0 Å². The molecule has 0 radical (unpaired) electrons. The van der Waals surface area contributed by atoms with Crippen molar-refractivity contribution in [3.8, 4) is 0 Å². The molecule has 0 atom stereocenters. The summed E-state index contributed by atoms with van der Waals surface area (Å²) in [5.41, 5.74) is 2.48. The molecular formula is C26H42HfN2O4. The van der Waals surface area contributed by atoms with Gasteiger partial charge in [-0.3, -0.25) is 0 Å². The molecule has 0 unspecified atom stereocenters. The molecule has 0 saturated heterocycles. The van der Waals surface area contributed by atoms with E-state index in [1.165, 1.54) is 11.1 Å². The average Bonchev–Trinajstić information content (AvgIpc) is 2.85. The van der Waals surface area contributed by atoms with E-state index in [4.69, 9.17) is 19.4 Å². The molecule has 0 aliphatic carbocycles. The molecular weight excluding hydrogens is 583 g/mol. The van der Waals surface area contributed by atoms with Crippen LogP contribution < -0.4 is 0 Å². The molecule has 2 aromatic carbocycles. The maximum absolute atomic E-state index is 6.35. The van der Waals surface area contributed by atoms with Crippen LogP contribution in [0.15, 0.2) is 60.7 Å². The molecule has 0 spiro atoms. The molecule has 33 heavy (non-hydrogen) atoms. The summed E-state index contributed by atoms with van der Waals surface area (Å²) in [5, 5.41) is 0. The van der Waals surface area contributed by atoms with Gasteiger partial charge in [0.25, 0.3) is 0 Å². The second-order valence-corrected chi connectivity index (χ2v) is 20.4. The molecule has 0 aliphatic heterocycles. The monoisotopic (exact) mass is 626 g/mol. The van der Waals surface area contributed by atoms with Crippen LogP contribution in [0.2, 0.25) is 0 Å². The Morgan fingerprint density at radius 2 is 0.818 bits per heavy atom. The third kappa shape index (κ3) is 9.32. The van der Waals surface area contributed by atoms with Crippen LogP contribution in [0.5, 0.6) is 0 Å². The van der Waals surface area contributed by atoms with Crippen LogP contribution in [0.1, 0.15) is 64.5 Å². The van der Waals surface area contributed by atoms with Crippen molar-refractivity contribution >= 4 is 0 Å². The van der Waals surface area contributed by atoms with Gasteiger partial charge in [0.15, 0.2) is 0 Å². The summed E-state index contributed by atoms with van der Waals surface area (Å²) in [6.07, 6.45) is 3.60. The summed E-state index contributed by atoms with van der Waals surface area (Å²) in [4.78, 5) is 25.4. The van der Waals surface area contributed by atoms with E-state index in [0.717, 1.165) is 34.0 Å². The molecule has 0 aromatic heterocycles. The van der Waals surface area contributed by atoms with Gasteiger partial charge in [0.1, 0.15) is 0 Å². The zero-order valence-corrected chi connectivity index (χ0v) is 24.5. The van der Waals surface area contributed by atoms with Crippen molar-refractivity contribution in [3.63, 3.8) is 0 Å². The molecule has 0 saturated carbocycles. The fraction of sp³-hybridized carbons (Fsp3) is 0.538. The second-order valence-electron chi connectivity index (χ2n) is 8.15. The van der Waals surface area contributed by atoms with Gasteiger partial charge in [-0.2, -0.15) is 0 Å². The van der Waals surface area contributed by atoms with E-state index in [1.54, 1.807) is 0 Å². The molecule has 0 amide bonds. The van der Waals surface area contributed by atoms with Crippen LogP contribution in [0, 0.1) is 0 Å². The number of benzene rings is 2. The minimum absolute atomic E-state index is 0.588. The van der Waals surface area contributed by atoms with Crippen LogP contribution in [0.3, 0.4) is 0 Å². The number of rotatable bonds is 18. The third-order valence-electron chi connectivity index (χ3n) is 4.99. The molecule has 0 N–H and O–H groups in total. The zero-order chi connectivity index (χ0) is 23.8. The summed E-state index contributed by atoms with van der Waals surface area (Å²) in [6.45, 7) is 10.8. The molecule has 2 aromatic rings. The maximum atomic E-state index is 6.35. The second kappa shape index (κ2) is 16.7. The topological polar surface area (TPSA) is 43.4 Å². The van der Waals surface area contributed by atoms with Crippen molar-refractivity contribution in [2.24, 2.45) is 0 Å². The average molecular weight is 625 g/mol. The van der Waals surface area contributed by atoms with Gasteiger partial charge in [-0.15, -0.1) is 0 Å². The number of hydrogen-bond donors (Lipinski definition) is 0. The van der Waals surface area contributed by atoms with Crippen LogP contribution >= 0.6 is 0 Å². The van der Waals surface area contributed by atoms with Crippen molar-refractivity contribution in [2.45, 2.75) is 61.7 Å². The van der Waals surface area contributed by atoms with Gasteiger partial charge in [-0.25, -0.2) is 0 Å². The predicted octanol–water partition coefficient (Wildman–Crippen LogP) is 6.34. The molecule has 184 valence electrons. The fourth-order valence-corrected chi connectivity index (χ4v) is 17.4. The van der Waals surface area contributed by atoms with Crippen molar-refractivity contribution in [1.82, 2.24) is 6.43 Å². The Labute approximate surface area is 205 Å². The van der Waals surface area contributed by atoms with Gasteiger partial charge in [0.2, 0.25) is 0 Å². The Hall–Kier alpha value is -0.930. The van der Waals surface area contributed by atoms with Gasteiger partial charge in [-0.05, 0) is 0 Å². The van der Waals surface area contributed by atoms with E-state index in [1.807, 2.05) is 6.43 Å². The van der Waals surface area contributed by atoms with E-state index in [2.05, 4.69) is 88.4 Å².